The molecule has 1 heterocycles. The molecule has 0 aliphatic carbocycles. The van der Waals surface area contributed by atoms with Gasteiger partial charge < -0.3 is 9.47 Å². The van der Waals surface area contributed by atoms with Crippen molar-refractivity contribution in [1.82, 2.24) is 0 Å². The van der Waals surface area contributed by atoms with Crippen LogP contribution < -0.4 is 18.9 Å². The van der Waals surface area contributed by atoms with Crippen molar-refractivity contribution in [3.8, 4) is 0 Å². The minimum Gasteiger partial charge on any atom is -0.461 e. The first-order chi connectivity index (χ1) is 3.29. The Morgan fingerprint density at radius 2 is 2.38 bits per heavy atom. The summed E-state index contributed by atoms with van der Waals surface area (Å²) in [6.07, 6.45) is -0.910. The third-order valence-corrected chi connectivity index (χ3v) is 0.650. The smallest absolute Gasteiger partial charge is 0.461 e. The maximum Gasteiger partial charge on any atom is 1.00 e. The predicted molar refractivity (Wildman–Crippen MR) is 21.6 cm³/mol. The molecule has 8 heavy (non-hydrogen) atoms. The second-order valence-electron chi connectivity index (χ2n) is 1.30. The van der Waals surface area contributed by atoms with Crippen LogP contribution >= 0.6 is 0 Å². The van der Waals surface area contributed by atoms with Gasteiger partial charge in [-0.2, -0.15) is 0 Å². The number of carbonyl (C=O) groups is 1. The van der Waals surface area contributed by atoms with Crippen LogP contribution in [-0.4, -0.2) is 18.9 Å². The van der Waals surface area contributed by atoms with Gasteiger partial charge in [-0.1, -0.05) is 0 Å². The summed E-state index contributed by atoms with van der Waals surface area (Å²) in [6, 6.07) is 0. The fraction of sp³-hybridized carbons (Fsp3) is 0.500. The fourth-order valence-corrected chi connectivity index (χ4v) is 0.365. The average molecular weight is 108 g/mol. The standard InChI is InChI=1S/C4H5O3.Li/c1-3-2-6-4(5)7-3;/h3H,1-2H2;/q-1;+1. The maximum absolute atomic E-state index is 9.97. The molecule has 0 spiro atoms. The molecule has 0 amide bonds. The van der Waals surface area contributed by atoms with Crippen molar-refractivity contribution in [3.63, 3.8) is 0 Å². The Hall–Kier alpha value is -0.133. The van der Waals surface area contributed by atoms with Crippen LogP contribution in [0.4, 0.5) is 4.79 Å². The van der Waals surface area contributed by atoms with Crippen molar-refractivity contribution >= 4 is 6.16 Å². The van der Waals surface area contributed by atoms with E-state index in [2.05, 4.69) is 16.4 Å². The summed E-state index contributed by atoms with van der Waals surface area (Å²) in [7, 11) is 0. The molecular formula is C4H5LiO3. The minimum absolute atomic E-state index is 0. The number of hydrogen-bond acceptors (Lipinski definition) is 3. The van der Waals surface area contributed by atoms with Crippen LogP contribution in [0.15, 0.2) is 0 Å². The van der Waals surface area contributed by atoms with Gasteiger partial charge in [0.05, 0.1) is 0 Å². The average Bonchev–Trinajstić information content (AvgIpc) is 1.87. The van der Waals surface area contributed by atoms with Gasteiger partial charge >= 0.3 is 25.0 Å². The molecular weight excluding hydrogens is 103 g/mol. The summed E-state index contributed by atoms with van der Waals surface area (Å²) in [5.74, 6) is 0. The quantitative estimate of drug-likeness (QED) is 0.193. The molecule has 0 N–H and O–H groups in total. The summed E-state index contributed by atoms with van der Waals surface area (Å²) in [5, 5.41) is 0. The van der Waals surface area contributed by atoms with Crippen LogP contribution in [-0.2, 0) is 9.47 Å². The summed E-state index contributed by atoms with van der Waals surface area (Å²) in [4.78, 5) is 9.97. The van der Waals surface area contributed by atoms with E-state index in [1.807, 2.05) is 0 Å². The summed E-state index contributed by atoms with van der Waals surface area (Å²) < 4.78 is 8.73. The Morgan fingerprint density at radius 1 is 1.75 bits per heavy atom. The predicted octanol–water partition coefficient (Wildman–Crippen LogP) is -2.64. The third-order valence-electron chi connectivity index (χ3n) is 0.650. The Balaban J connectivity index is 0.000000490. The fourth-order valence-electron chi connectivity index (χ4n) is 0.365. The van der Waals surface area contributed by atoms with Gasteiger partial charge in [0.2, 0.25) is 0 Å². The van der Waals surface area contributed by atoms with Crippen LogP contribution in [0.2, 0.25) is 0 Å². The zero-order valence-electron chi connectivity index (χ0n) is 4.72. The van der Waals surface area contributed by atoms with Gasteiger partial charge in [-0.15, -0.1) is 0 Å². The molecule has 0 bridgehead atoms. The number of hydrogen-bond donors (Lipinski definition) is 0. The van der Waals surface area contributed by atoms with Crippen molar-refractivity contribution in [2.75, 3.05) is 6.61 Å². The van der Waals surface area contributed by atoms with Gasteiger partial charge in [-0.3, -0.25) is 6.92 Å². The van der Waals surface area contributed by atoms with Crippen LogP contribution in [0, 0.1) is 6.92 Å². The van der Waals surface area contributed by atoms with E-state index in [4.69, 9.17) is 0 Å². The third kappa shape index (κ3) is 1.77. The Morgan fingerprint density at radius 3 is 2.50 bits per heavy atom. The van der Waals surface area contributed by atoms with Crippen molar-refractivity contribution in [2.24, 2.45) is 0 Å². The van der Waals surface area contributed by atoms with Crippen molar-refractivity contribution in [1.29, 1.82) is 0 Å². The SMILES string of the molecule is [CH2-]C1COC(=O)O1.[Li+]. The van der Waals surface area contributed by atoms with Crippen molar-refractivity contribution in [3.05, 3.63) is 6.92 Å². The van der Waals surface area contributed by atoms with Gasteiger partial charge in [0.25, 0.3) is 0 Å². The molecule has 0 saturated carbocycles. The zero-order chi connectivity index (χ0) is 5.28. The monoisotopic (exact) mass is 108 g/mol. The first-order valence-electron chi connectivity index (χ1n) is 1.95. The molecule has 4 heteroatoms. The molecule has 1 atom stereocenters. The Bertz CT molecular complexity index is 93.3. The number of cyclic esters (lactones) is 2. The molecule has 0 aromatic carbocycles. The molecule has 40 valence electrons. The van der Waals surface area contributed by atoms with Gasteiger partial charge in [-0.25, -0.2) is 4.79 Å². The van der Waals surface area contributed by atoms with E-state index in [0.717, 1.165) is 0 Å². The normalized spacial score (nSPS) is 25.6. The summed E-state index contributed by atoms with van der Waals surface area (Å²) in [5.41, 5.74) is 0. The molecule has 1 saturated heterocycles. The molecule has 0 aromatic rings. The summed E-state index contributed by atoms with van der Waals surface area (Å²) >= 11 is 0. The molecule has 1 rings (SSSR count). The van der Waals surface area contributed by atoms with E-state index in [9.17, 15) is 4.79 Å². The van der Waals surface area contributed by atoms with E-state index < -0.39 is 6.16 Å². The number of rotatable bonds is 0. The molecule has 3 nitrogen and oxygen atoms in total. The van der Waals surface area contributed by atoms with Gasteiger partial charge in [0.15, 0.2) is 0 Å². The molecule has 1 aliphatic heterocycles. The molecule has 1 aliphatic rings. The second kappa shape index (κ2) is 3.01. The first kappa shape index (κ1) is 7.87. The van der Waals surface area contributed by atoms with E-state index in [-0.39, 0.29) is 25.0 Å². The number of carbonyl (C=O) groups excluding carboxylic acids is 1. The van der Waals surface area contributed by atoms with Crippen LogP contribution in [0.5, 0.6) is 0 Å². The Kier molecular flexibility index (Phi) is 2.96. The van der Waals surface area contributed by atoms with Gasteiger partial charge in [-0.05, 0) is 0 Å². The minimum atomic E-state index is -0.611. The summed E-state index contributed by atoms with van der Waals surface area (Å²) in [6.45, 7) is 3.71. The second-order valence-corrected chi connectivity index (χ2v) is 1.30. The topological polar surface area (TPSA) is 35.5 Å². The van der Waals surface area contributed by atoms with E-state index in [1.54, 1.807) is 0 Å². The largest absolute Gasteiger partial charge is 1.00 e. The van der Waals surface area contributed by atoms with Crippen molar-refractivity contribution in [2.45, 2.75) is 6.10 Å². The van der Waals surface area contributed by atoms with Crippen LogP contribution in [0.25, 0.3) is 0 Å². The van der Waals surface area contributed by atoms with Gasteiger partial charge in [0, 0.05) is 6.10 Å². The molecule has 1 unspecified atom stereocenters. The van der Waals surface area contributed by atoms with E-state index >= 15 is 0 Å². The van der Waals surface area contributed by atoms with E-state index in [1.165, 1.54) is 0 Å². The van der Waals surface area contributed by atoms with E-state index in [0.29, 0.717) is 6.61 Å². The zero-order valence-corrected chi connectivity index (χ0v) is 4.72. The Labute approximate surface area is 59.5 Å². The number of ether oxygens (including phenoxy) is 2. The molecule has 0 aromatic heterocycles. The first-order valence-corrected chi connectivity index (χ1v) is 1.95. The van der Waals surface area contributed by atoms with Crippen LogP contribution in [0.3, 0.4) is 0 Å². The molecule has 0 radical (unpaired) electrons. The van der Waals surface area contributed by atoms with Crippen molar-refractivity contribution < 1.29 is 33.1 Å². The van der Waals surface area contributed by atoms with Gasteiger partial charge in [0.1, 0.15) is 6.61 Å². The molecule has 1 fully saturated rings. The van der Waals surface area contributed by atoms with Crippen LogP contribution in [0.1, 0.15) is 0 Å². The maximum atomic E-state index is 9.97.